The fourth-order valence-electron chi connectivity index (χ4n) is 1.93. The molecule has 4 heteroatoms. The van der Waals surface area contributed by atoms with Gasteiger partial charge in [0.25, 0.3) is 0 Å². The lowest BCUT2D eigenvalue weighted by Gasteiger charge is -2.14. The van der Waals surface area contributed by atoms with Crippen molar-refractivity contribution >= 4 is 11.3 Å². The van der Waals surface area contributed by atoms with Crippen LogP contribution in [-0.4, -0.2) is 18.1 Å². The van der Waals surface area contributed by atoms with Crippen LogP contribution in [0.1, 0.15) is 48.3 Å². The number of nitrogens with one attached hydrogen (secondary N) is 1. The first-order chi connectivity index (χ1) is 8.04. The summed E-state index contributed by atoms with van der Waals surface area (Å²) in [5.74, 6) is 0.638. The monoisotopic (exact) mass is 255 g/mol. The zero-order valence-corrected chi connectivity index (χ0v) is 12.2. The second-order valence-electron chi connectivity index (χ2n) is 4.84. The lowest BCUT2D eigenvalue weighted by molar-refractivity contribution is 0.481. The number of rotatable bonds is 7. The summed E-state index contributed by atoms with van der Waals surface area (Å²) in [7, 11) is 0. The van der Waals surface area contributed by atoms with Gasteiger partial charge in [0.2, 0.25) is 0 Å². The van der Waals surface area contributed by atoms with Crippen LogP contribution in [0.5, 0.6) is 0 Å². The van der Waals surface area contributed by atoms with Crippen LogP contribution in [0, 0.1) is 19.8 Å². The molecular weight excluding hydrogens is 230 g/mol. The third-order valence-corrected chi connectivity index (χ3v) is 4.31. The minimum atomic E-state index is 0.411. The van der Waals surface area contributed by atoms with Crippen molar-refractivity contribution in [1.82, 2.24) is 10.3 Å². The maximum Gasteiger partial charge on any atom is 0.0900 e. The van der Waals surface area contributed by atoms with Crippen molar-refractivity contribution < 1.29 is 0 Å². The van der Waals surface area contributed by atoms with Gasteiger partial charge in [0.05, 0.1) is 10.7 Å². The number of hydrogen-bond acceptors (Lipinski definition) is 4. The van der Waals surface area contributed by atoms with Crippen molar-refractivity contribution in [2.45, 2.75) is 46.6 Å². The zero-order valence-electron chi connectivity index (χ0n) is 11.4. The van der Waals surface area contributed by atoms with Crippen molar-refractivity contribution in [3.8, 4) is 0 Å². The molecule has 0 bridgehead atoms. The van der Waals surface area contributed by atoms with Gasteiger partial charge in [0.1, 0.15) is 0 Å². The average Bonchev–Trinajstić information content (AvgIpc) is 2.63. The first kappa shape index (κ1) is 14.6. The molecule has 1 aromatic rings. The van der Waals surface area contributed by atoms with Gasteiger partial charge in [0, 0.05) is 10.9 Å². The Morgan fingerprint density at radius 1 is 1.35 bits per heavy atom. The molecule has 0 fully saturated rings. The molecule has 0 aliphatic carbocycles. The smallest absolute Gasteiger partial charge is 0.0900 e. The van der Waals surface area contributed by atoms with Crippen LogP contribution in [0.4, 0.5) is 0 Å². The normalized spacial score (nSPS) is 14.9. The summed E-state index contributed by atoms with van der Waals surface area (Å²) in [6.07, 6.45) is 2.40. The summed E-state index contributed by atoms with van der Waals surface area (Å²) in [5.41, 5.74) is 6.77. The lowest BCUT2D eigenvalue weighted by atomic mass is 10.1. The molecule has 17 heavy (non-hydrogen) atoms. The molecule has 0 saturated carbocycles. The minimum absolute atomic E-state index is 0.411. The Labute approximate surface area is 109 Å². The van der Waals surface area contributed by atoms with Crippen molar-refractivity contribution in [2.75, 3.05) is 13.1 Å². The molecule has 0 spiro atoms. The van der Waals surface area contributed by atoms with Crippen LogP contribution in [-0.2, 0) is 0 Å². The molecule has 2 atom stereocenters. The SMILES string of the molecule is Cc1nc(C)c(C(C)NCCCC(C)CN)s1. The third kappa shape index (κ3) is 4.74. The van der Waals surface area contributed by atoms with E-state index in [0.29, 0.717) is 12.0 Å². The van der Waals surface area contributed by atoms with Crippen LogP contribution in [0.2, 0.25) is 0 Å². The topological polar surface area (TPSA) is 50.9 Å². The zero-order chi connectivity index (χ0) is 12.8. The number of nitrogens with zero attached hydrogens (tertiary/aromatic N) is 1. The molecule has 0 amide bonds. The summed E-state index contributed by atoms with van der Waals surface area (Å²) in [6, 6.07) is 0.411. The van der Waals surface area contributed by atoms with Crippen LogP contribution >= 0.6 is 11.3 Å². The van der Waals surface area contributed by atoms with Gasteiger partial charge in [-0.1, -0.05) is 6.92 Å². The highest BCUT2D eigenvalue weighted by Gasteiger charge is 2.11. The van der Waals surface area contributed by atoms with Crippen molar-refractivity contribution in [3.63, 3.8) is 0 Å². The van der Waals surface area contributed by atoms with Crippen LogP contribution in [0.3, 0.4) is 0 Å². The molecule has 3 nitrogen and oxygen atoms in total. The van der Waals surface area contributed by atoms with Gasteiger partial charge in [-0.2, -0.15) is 0 Å². The molecular formula is C13H25N3S. The number of aryl methyl sites for hydroxylation is 2. The summed E-state index contributed by atoms with van der Waals surface area (Å²) in [6.45, 7) is 10.4. The van der Waals surface area contributed by atoms with E-state index in [4.69, 9.17) is 5.73 Å². The highest BCUT2D eigenvalue weighted by atomic mass is 32.1. The quantitative estimate of drug-likeness (QED) is 0.737. The number of hydrogen-bond donors (Lipinski definition) is 2. The summed E-state index contributed by atoms with van der Waals surface area (Å²) >= 11 is 1.80. The van der Waals surface area contributed by atoms with Gasteiger partial charge in [-0.3, -0.25) is 0 Å². The summed E-state index contributed by atoms with van der Waals surface area (Å²) < 4.78 is 0. The van der Waals surface area contributed by atoms with E-state index in [1.54, 1.807) is 11.3 Å². The molecule has 0 saturated heterocycles. The Hall–Kier alpha value is -0.450. The van der Waals surface area contributed by atoms with E-state index >= 15 is 0 Å². The van der Waals surface area contributed by atoms with Gasteiger partial charge in [-0.25, -0.2) is 4.98 Å². The average molecular weight is 255 g/mol. The van der Waals surface area contributed by atoms with Crippen molar-refractivity contribution in [2.24, 2.45) is 11.7 Å². The van der Waals surface area contributed by atoms with E-state index in [-0.39, 0.29) is 0 Å². The molecule has 98 valence electrons. The Morgan fingerprint density at radius 3 is 2.59 bits per heavy atom. The largest absolute Gasteiger partial charge is 0.330 e. The molecule has 1 heterocycles. The maximum absolute atomic E-state index is 5.60. The highest BCUT2D eigenvalue weighted by Crippen LogP contribution is 2.24. The standard InChI is InChI=1S/C13H25N3S/c1-9(8-14)6-5-7-15-10(2)13-11(3)16-12(4)17-13/h9-10,15H,5-8,14H2,1-4H3. The molecule has 0 radical (unpaired) electrons. The van der Waals surface area contributed by atoms with E-state index in [2.05, 4.69) is 38.0 Å². The predicted molar refractivity (Wildman–Crippen MR) is 75.5 cm³/mol. The van der Waals surface area contributed by atoms with E-state index in [0.717, 1.165) is 18.1 Å². The first-order valence-electron chi connectivity index (χ1n) is 6.42. The second-order valence-corrected chi connectivity index (χ2v) is 6.08. The number of aromatic nitrogens is 1. The molecule has 1 aromatic heterocycles. The molecule has 1 rings (SSSR count). The van der Waals surface area contributed by atoms with Gasteiger partial charge >= 0.3 is 0 Å². The fraction of sp³-hybridized carbons (Fsp3) is 0.769. The maximum atomic E-state index is 5.60. The Kier molecular flexibility index (Phi) is 6.09. The lowest BCUT2D eigenvalue weighted by Crippen LogP contribution is -2.21. The van der Waals surface area contributed by atoms with Gasteiger partial charge in [-0.05, 0) is 52.6 Å². The Morgan fingerprint density at radius 2 is 2.06 bits per heavy atom. The Balaban J connectivity index is 2.30. The number of thiazole rings is 1. The fourth-order valence-corrected chi connectivity index (χ4v) is 2.88. The molecule has 0 aliphatic heterocycles. The van der Waals surface area contributed by atoms with E-state index in [1.165, 1.54) is 23.4 Å². The van der Waals surface area contributed by atoms with Gasteiger partial charge < -0.3 is 11.1 Å². The van der Waals surface area contributed by atoms with Gasteiger partial charge in [-0.15, -0.1) is 11.3 Å². The van der Waals surface area contributed by atoms with E-state index < -0.39 is 0 Å². The highest BCUT2D eigenvalue weighted by molar-refractivity contribution is 7.11. The molecule has 0 aliphatic rings. The Bertz CT molecular complexity index is 335. The van der Waals surface area contributed by atoms with Crippen molar-refractivity contribution in [3.05, 3.63) is 15.6 Å². The molecule has 2 unspecified atom stereocenters. The molecule has 0 aromatic carbocycles. The van der Waals surface area contributed by atoms with Gasteiger partial charge in [0.15, 0.2) is 0 Å². The van der Waals surface area contributed by atoms with E-state index in [9.17, 15) is 0 Å². The van der Waals surface area contributed by atoms with Crippen LogP contribution < -0.4 is 11.1 Å². The number of nitrogens with two attached hydrogens (primary N) is 1. The summed E-state index contributed by atoms with van der Waals surface area (Å²) in [4.78, 5) is 5.83. The molecule has 3 N–H and O–H groups in total. The van der Waals surface area contributed by atoms with E-state index in [1.807, 2.05) is 0 Å². The minimum Gasteiger partial charge on any atom is -0.330 e. The van der Waals surface area contributed by atoms with Crippen LogP contribution in [0.15, 0.2) is 0 Å². The second kappa shape index (κ2) is 7.09. The summed E-state index contributed by atoms with van der Waals surface area (Å²) in [5, 5.41) is 4.72. The predicted octanol–water partition coefficient (Wildman–Crippen LogP) is 2.79. The third-order valence-electron chi connectivity index (χ3n) is 3.06. The first-order valence-corrected chi connectivity index (χ1v) is 7.23. The van der Waals surface area contributed by atoms with Crippen LogP contribution in [0.25, 0.3) is 0 Å². The van der Waals surface area contributed by atoms with Crippen molar-refractivity contribution in [1.29, 1.82) is 0 Å².